The van der Waals surface area contributed by atoms with Gasteiger partial charge < -0.3 is 5.32 Å². The third kappa shape index (κ3) is 4.76. The van der Waals surface area contributed by atoms with Crippen molar-refractivity contribution >= 4 is 44.6 Å². The molecule has 154 valence electrons. The Hall–Kier alpha value is -3.43. The molecule has 0 aliphatic rings. The molecule has 1 N–H and O–H groups in total. The average molecular weight is 446 g/mol. The van der Waals surface area contributed by atoms with Crippen LogP contribution in [0.1, 0.15) is 0 Å². The van der Waals surface area contributed by atoms with Crippen molar-refractivity contribution in [3.63, 3.8) is 0 Å². The topological polar surface area (TPSA) is 110 Å². The molecule has 3 aromatic rings. The Labute approximate surface area is 177 Å². The third-order valence-electron chi connectivity index (χ3n) is 4.11. The molecule has 0 aromatic heterocycles. The Morgan fingerprint density at radius 2 is 1.57 bits per heavy atom. The summed E-state index contributed by atoms with van der Waals surface area (Å²) in [4.78, 5) is 22.9. The number of sulfonamides is 1. The maximum absolute atomic E-state index is 13.2. The van der Waals surface area contributed by atoms with Crippen molar-refractivity contribution in [1.82, 2.24) is 0 Å². The van der Waals surface area contributed by atoms with Crippen LogP contribution >= 0.6 is 11.6 Å². The summed E-state index contributed by atoms with van der Waals surface area (Å²) in [6, 6.07) is 19.0. The number of nitrogens with zero attached hydrogens (tertiary/aromatic N) is 2. The van der Waals surface area contributed by atoms with Crippen LogP contribution in [0.15, 0.2) is 83.8 Å². The van der Waals surface area contributed by atoms with E-state index in [0.717, 1.165) is 4.31 Å². The van der Waals surface area contributed by atoms with Crippen LogP contribution in [-0.2, 0) is 14.8 Å². The summed E-state index contributed by atoms with van der Waals surface area (Å²) in [7, 11) is -4.12. The Morgan fingerprint density at radius 1 is 0.967 bits per heavy atom. The summed E-state index contributed by atoms with van der Waals surface area (Å²) in [5.41, 5.74) is 0.250. The molecule has 0 spiro atoms. The van der Waals surface area contributed by atoms with Gasteiger partial charge in [0.2, 0.25) is 5.91 Å². The monoisotopic (exact) mass is 445 g/mol. The van der Waals surface area contributed by atoms with E-state index in [1.807, 2.05) is 0 Å². The van der Waals surface area contributed by atoms with E-state index in [0.29, 0.717) is 10.7 Å². The molecule has 0 saturated carbocycles. The standard InChI is InChI=1S/C20H16ClN3O5S/c21-18-8-4-5-9-19(18)22-20(25)14-23(15-10-12-16(13-11-15)24(26)27)30(28,29)17-6-2-1-3-7-17/h1-13H,14H2,(H,22,25). The van der Waals surface area contributed by atoms with E-state index < -0.39 is 27.4 Å². The first-order valence-corrected chi connectivity index (χ1v) is 10.5. The zero-order valence-electron chi connectivity index (χ0n) is 15.4. The van der Waals surface area contributed by atoms with Crippen LogP contribution in [0.4, 0.5) is 17.1 Å². The maximum atomic E-state index is 13.2. The Balaban J connectivity index is 1.96. The zero-order chi connectivity index (χ0) is 21.7. The van der Waals surface area contributed by atoms with Crippen molar-refractivity contribution in [2.24, 2.45) is 0 Å². The van der Waals surface area contributed by atoms with Crippen molar-refractivity contribution in [1.29, 1.82) is 0 Å². The van der Waals surface area contributed by atoms with Crippen molar-refractivity contribution in [3.05, 3.63) is 94.0 Å². The molecule has 0 saturated heterocycles. The van der Waals surface area contributed by atoms with Crippen LogP contribution in [0.2, 0.25) is 5.02 Å². The van der Waals surface area contributed by atoms with Crippen LogP contribution in [-0.4, -0.2) is 25.8 Å². The molecule has 3 aromatic carbocycles. The van der Waals surface area contributed by atoms with Crippen LogP contribution in [0, 0.1) is 10.1 Å². The number of para-hydroxylation sites is 1. The molecule has 8 nitrogen and oxygen atoms in total. The molecule has 0 unspecified atom stereocenters. The minimum Gasteiger partial charge on any atom is -0.323 e. The second-order valence-corrected chi connectivity index (χ2v) is 8.40. The third-order valence-corrected chi connectivity index (χ3v) is 6.23. The van der Waals surface area contributed by atoms with Crippen LogP contribution in [0.3, 0.4) is 0 Å². The number of amides is 1. The van der Waals surface area contributed by atoms with Crippen molar-refractivity contribution in [3.8, 4) is 0 Å². The summed E-state index contributed by atoms with van der Waals surface area (Å²) >= 11 is 6.04. The van der Waals surface area contributed by atoms with E-state index in [1.165, 1.54) is 36.4 Å². The number of non-ortho nitro benzene ring substituents is 1. The predicted molar refractivity (Wildman–Crippen MR) is 114 cm³/mol. The van der Waals surface area contributed by atoms with Gasteiger partial charge in [-0.15, -0.1) is 0 Å². The summed E-state index contributed by atoms with van der Waals surface area (Å²) in [5.74, 6) is -0.624. The van der Waals surface area contributed by atoms with Gasteiger partial charge in [-0.1, -0.05) is 41.9 Å². The quantitative estimate of drug-likeness (QED) is 0.435. The normalized spacial score (nSPS) is 11.0. The minimum absolute atomic E-state index is 0.0195. The molecule has 0 aliphatic heterocycles. The second kappa shape index (κ2) is 8.93. The lowest BCUT2D eigenvalue weighted by Gasteiger charge is -2.24. The number of hydrogen-bond donors (Lipinski definition) is 1. The summed E-state index contributed by atoms with van der Waals surface area (Å²) < 4.78 is 27.3. The van der Waals surface area contributed by atoms with Crippen molar-refractivity contribution in [2.75, 3.05) is 16.2 Å². The average Bonchev–Trinajstić information content (AvgIpc) is 2.74. The number of carbonyl (C=O) groups excluding carboxylic acids is 1. The van der Waals surface area contributed by atoms with E-state index >= 15 is 0 Å². The van der Waals surface area contributed by atoms with Gasteiger partial charge in [0.05, 0.1) is 26.2 Å². The van der Waals surface area contributed by atoms with Crippen LogP contribution in [0.25, 0.3) is 0 Å². The number of anilines is 2. The highest BCUT2D eigenvalue weighted by atomic mass is 35.5. The number of benzene rings is 3. The second-order valence-electron chi connectivity index (χ2n) is 6.13. The fraction of sp³-hybridized carbons (Fsp3) is 0.0500. The number of nitro groups is 1. The molecule has 30 heavy (non-hydrogen) atoms. The fourth-order valence-corrected chi connectivity index (χ4v) is 4.28. The van der Waals surface area contributed by atoms with Crippen LogP contribution < -0.4 is 9.62 Å². The van der Waals surface area contributed by atoms with Gasteiger partial charge >= 0.3 is 0 Å². The summed E-state index contributed by atoms with van der Waals surface area (Å²) in [6.07, 6.45) is 0. The largest absolute Gasteiger partial charge is 0.323 e. The maximum Gasteiger partial charge on any atom is 0.269 e. The zero-order valence-corrected chi connectivity index (χ0v) is 17.0. The first-order valence-electron chi connectivity index (χ1n) is 8.65. The lowest BCUT2D eigenvalue weighted by Crippen LogP contribution is -2.38. The predicted octanol–water partition coefficient (Wildman–Crippen LogP) is 4.08. The van der Waals surface area contributed by atoms with E-state index in [1.54, 1.807) is 42.5 Å². The van der Waals surface area contributed by atoms with E-state index in [2.05, 4.69) is 5.32 Å². The SMILES string of the molecule is O=C(CN(c1ccc([N+](=O)[O-])cc1)S(=O)(=O)c1ccccc1)Nc1ccccc1Cl. The molecular weight excluding hydrogens is 430 g/mol. The number of rotatable bonds is 7. The summed E-state index contributed by atoms with van der Waals surface area (Å²) in [6.45, 7) is -0.555. The highest BCUT2D eigenvalue weighted by molar-refractivity contribution is 7.92. The Morgan fingerprint density at radius 3 is 2.17 bits per heavy atom. The van der Waals surface area contributed by atoms with Gasteiger partial charge in [-0.3, -0.25) is 19.2 Å². The molecule has 0 fully saturated rings. The van der Waals surface area contributed by atoms with Crippen LogP contribution in [0.5, 0.6) is 0 Å². The van der Waals surface area contributed by atoms with Gasteiger partial charge in [-0.05, 0) is 36.4 Å². The van der Waals surface area contributed by atoms with E-state index in [-0.39, 0.29) is 16.3 Å². The summed E-state index contributed by atoms with van der Waals surface area (Å²) in [5, 5.41) is 13.8. The highest BCUT2D eigenvalue weighted by Crippen LogP contribution is 2.26. The number of nitrogens with one attached hydrogen (secondary N) is 1. The van der Waals surface area contributed by atoms with E-state index in [9.17, 15) is 23.3 Å². The first kappa shape index (κ1) is 21.3. The Kier molecular flexibility index (Phi) is 6.34. The molecule has 10 heteroatoms. The first-order chi connectivity index (χ1) is 14.3. The molecule has 1 amide bonds. The fourth-order valence-electron chi connectivity index (χ4n) is 2.66. The lowest BCUT2D eigenvalue weighted by molar-refractivity contribution is -0.384. The van der Waals surface area contributed by atoms with Gasteiger partial charge in [-0.25, -0.2) is 8.42 Å². The van der Waals surface area contributed by atoms with Crippen molar-refractivity contribution < 1.29 is 18.1 Å². The molecule has 0 heterocycles. The highest BCUT2D eigenvalue weighted by Gasteiger charge is 2.27. The van der Waals surface area contributed by atoms with Gasteiger partial charge in [0.15, 0.2) is 0 Å². The molecule has 0 bridgehead atoms. The molecule has 0 aliphatic carbocycles. The molecule has 0 atom stereocenters. The number of nitro benzene ring substituents is 1. The smallest absolute Gasteiger partial charge is 0.269 e. The number of halogens is 1. The molecular formula is C20H16ClN3O5S. The lowest BCUT2D eigenvalue weighted by atomic mass is 10.3. The molecule has 3 rings (SSSR count). The Bertz CT molecular complexity index is 1170. The van der Waals surface area contributed by atoms with Gasteiger partial charge in [0, 0.05) is 12.1 Å². The van der Waals surface area contributed by atoms with E-state index in [4.69, 9.17) is 11.6 Å². The van der Waals surface area contributed by atoms with Gasteiger partial charge in [0.25, 0.3) is 15.7 Å². The van der Waals surface area contributed by atoms with Gasteiger partial charge in [0.1, 0.15) is 6.54 Å². The number of carbonyl (C=O) groups is 1. The number of hydrogen-bond acceptors (Lipinski definition) is 5. The molecule has 0 radical (unpaired) electrons. The van der Waals surface area contributed by atoms with Gasteiger partial charge in [-0.2, -0.15) is 0 Å². The minimum atomic E-state index is -4.12. The van der Waals surface area contributed by atoms with Crippen molar-refractivity contribution in [2.45, 2.75) is 4.90 Å².